The van der Waals surface area contributed by atoms with Gasteiger partial charge >= 0.3 is 0 Å². The average molecular weight is 469 g/mol. The molecule has 0 fully saturated rings. The molecule has 172 valence electrons. The first-order valence-electron chi connectivity index (χ1n) is 10.0. The average Bonchev–Trinajstić information content (AvgIpc) is 3.41. The highest BCUT2D eigenvalue weighted by atomic mass is 19.3. The van der Waals surface area contributed by atoms with Gasteiger partial charge in [-0.15, -0.1) is 10.2 Å². The van der Waals surface area contributed by atoms with Gasteiger partial charge in [0.15, 0.2) is 11.6 Å². The van der Waals surface area contributed by atoms with E-state index in [2.05, 4.69) is 25.4 Å². The van der Waals surface area contributed by atoms with E-state index >= 15 is 0 Å². The SMILES string of the molecule is Fc1ccccc1-c1c(OCc2ncnn2CC(F)F)nn2c(-c3ccccc3F)nncc12. The second-order valence-corrected chi connectivity index (χ2v) is 7.14. The van der Waals surface area contributed by atoms with Gasteiger partial charge in [0.05, 0.1) is 17.3 Å². The molecule has 34 heavy (non-hydrogen) atoms. The molecule has 0 N–H and O–H groups in total. The Morgan fingerprint density at radius 2 is 1.65 bits per heavy atom. The molecular weight excluding hydrogens is 454 g/mol. The standard InChI is InChI=1S/C22H15F4N7O/c23-15-7-3-1-5-13(15)20-17-9-28-30-21(14-6-2-4-8-16(14)24)33(17)31-22(20)34-11-19-27-12-29-32(19)10-18(25)26/h1-9,12,18H,10-11H2. The molecule has 0 amide bonds. The fraction of sp³-hybridized carbons (Fsp3) is 0.136. The number of aromatic nitrogens is 7. The van der Waals surface area contributed by atoms with Crippen LogP contribution in [0.3, 0.4) is 0 Å². The number of hydrogen-bond acceptors (Lipinski definition) is 6. The van der Waals surface area contributed by atoms with Crippen molar-refractivity contribution in [2.45, 2.75) is 19.6 Å². The molecule has 0 saturated carbocycles. The first kappa shape index (κ1) is 21.5. The smallest absolute Gasteiger partial charge is 0.257 e. The molecule has 0 aliphatic rings. The molecule has 0 saturated heterocycles. The summed E-state index contributed by atoms with van der Waals surface area (Å²) in [6.45, 7) is -0.927. The first-order chi connectivity index (χ1) is 16.5. The number of alkyl halides is 2. The molecule has 0 bridgehead atoms. The summed E-state index contributed by atoms with van der Waals surface area (Å²) in [6.07, 6.45) is -0.150. The lowest BCUT2D eigenvalue weighted by Crippen LogP contribution is -2.13. The molecule has 12 heteroatoms. The molecule has 8 nitrogen and oxygen atoms in total. The zero-order chi connectivity index (χ0) is 23.7. The van der Waals surface area contributed by atoms with Crippen molar-refractivity contribution in [3.05, 3.63) is 78.5 Å². The summed E-state index contributed by atoms with van der Waals surface area (Å²) < 4.78 is 63.0. The summed E-state index contributed by atoms with van der Waals surface area (Å²) >= 11 is 0. The molecule has 3 aromatic heterocycles. The van der Waals surface area contributed by atoms with Gasteiger partial charge in [-0.3, -0.25) is 0 Å². The van der Waals surface area contributed by atoms with E-state index in [1.165, 1.54) is 47.1 Å². The first-order valence-corrected chi connectivity index (χ1v) is 10.0. The number of halogens is 4. The molecule has 0 aliphatic carbocycles. The molecule has 0 spiro atoms. The maximum absolute atomic E-state index is 14.8. The van der Waals surface area contributed by atoms with E-state index in [0.717, 1.165) is 11.0 Å². The minimum absolute atomic E-state index is 0.0379. The summed E-state index contributed by atoms with van der Waals surface area (Å²) in [4.78, 5) is 3.95. The van der Waals surface area contributed by atoms with Gasteiger partial charge in [-0.1, -0.05) is 30.3 Å². The summed E-state index contributed by atoms with van der Waals surface area (Å²) in [7, 11) is 0. The van der Waals surface area contributed by atoms with E-state index in [0.29, 0.717) is 5.52 Å². The largest absolute Gasteiger partial charge is 0.468 e. The third-order valence-corrected chi connectivity index (χ3v) is 5.02. The van der Waals surface area contributed by atoms with Crippen LogP contribution in [0.2, 0.25) is 0 Å². The van der Waals surface area contributed by atoms with E-state index in [9.17, 15) is 17.6 Å². The zero-order valence-corrected chi connectivity index (χ0v) is 17.3. The highest BCUT2D eigenvalue weighted by Crippen LogP contribution is 2.37. The number of nitrogens with zero attached hydrogens (tertiary/aromatic N) is 7. The summed E-state index contributed by atoms with van der Waals surface area (Å²) in [5.41, 5.74) is 0.841. The Labute approximate surface area is 189 Å². The van der Waals surface area contributed by atoms with Crippen LogP contribution >= 0.6 is 0 Å². The molecule has 0 atom stereocenters. The minimum atomic E-state index is -2.63. The van der Waals surface area contributed by atoms with E-state index in [-0.39, 0.29) is 40.8 Å². The molecule has 3 heterocycles. The predicted octanol–water partition coefficient (Wildman–Crippen LogP) is 4.17. The zero-order valence-electron chi connectivity index (χ0n) is 17.3. The number of benzene rings is 2. The summed E-state index contributed by atoms with van der Waals surface area (Å²) in [6, 6.07) is 11.9. The van der Waals surface area contributed by atoms with Gasteiger partial charge in [0.1, 0.15) is 36.6 Å². The van der Waals surface area contributed by atoms with Crippen LogP contribution in [0.25, 0.3) is 28.0 Å². The van der Waals surface area contributed by atoms with E-state index in [1.54, 1.807) is 12.1 Å². The fourth-order valence-electron chi connectivity index (χ4n) is 3.52. The lowest BCUT2D eigenvalue weighted by atomic mass is 10.1. The van der Waals surface area contributed by atoms with Crippen LogP contribution < -0.4 is 4.74 Å². The minimum Gasteiger partial charge on any atom is -0.468 e. The number of hydrogen-bond donors (Lipinski definition) is 0. The van der Waals surface area contributed by atoms with Gasteiger partial charge in [-0.25, -0.2) is 31.7 Å². The molecule has 5 aromatic rings. The lowest BCUT2D eigenvalue weighted by Gasteiger charge is -2.08. The van der Waals surface area contributed by atoms with Crippen LogP contribution in [-0.4, -0.2) is 41.0 Å². The van der Waals surface area contributed by atoms with Gasteiger partial charge in [0.25, 0.3) is 6.43 Å². The number of ether oxygens (including phenoxy) is 1. The highest BCUT2D eigenvalue weighted by molar-refractivity contribution is 5.85. The third-order valence-electron chi connectivity index (χ3n) is 5.02. The van der Waals surface area contributed by atoms with E-state index in [1.807, 2.05) is 0 Å². The second-order valence-electron chi connectivity index (χ2n) is 7.14. The molecular formula is C22H15F4N7O. The van der Waals surface area contributed by atoms with Crippen LogP contribution in [0.15, 0.2) is 61.1 Å². The Morgan fingerprint density at radius 3 is 2.35 bits per heavy atom. The van der Waals surface area contributed by atoms with Crippen LogP contribution in [0.4, 0.5) is 17.6 Å². The maximum atomic E-state index is 14.8. The number of fused-ring (bicyclic) bond motifs is 1. The fourth-order valence-corrected chi connectivity index (χ4v) is 3.52. The Kier molecular flexibility index (Phi) is 5.62. The Morgan fingerprint density at radius 1 is 0.941 bits per heavy atom. The van der Waals surface area contributed by atoms with E-state index < -0.39 is 24.6 Å². The predicted molar refractivity (Wildman–Crippen MR) is 112 cm³/mol. The van der Waals surface area contributed by atoms with Crippen molar-refractivity contribution >= 4 is 5.52 Å². The summed E-state index contributed by atoms with van der Waals surface area (Å²) in [5.74, 6) is -0.933. The summed E-state index contributed by atoms with van der Waals surface area (Å²) in [5, 5.41) is 16.1. The van der Waals surface area contributed by atoms with E-state index in [4.69, 9.17) is 4.74 Å². The normalized spacial score (nSPS) is 11.4. The van der Waals surface area contributed by atoms with Crippen LogP contribution in [0.1, 0.15) is 5.82 Å². The van der Waals surface area contributed by atoms with Gasteiger partial charge in [0.2, 0.25) is 5.88 Å². The monoisotopic (exact) mass is 469 g/mol. The number of rotatable bonds is 7. The third kappa shape index (κ3) is 3.93. The van der Waals surface area contributed by atoms with Crippen molar-refractivity contribution in [3.63, 3.8) is 0 Å². The molecule has 2 aromatic carbocycles. The van der Waals surface area contributed by atoms with Crippen LogP contribution in [-0.2, 0) is 13.2 Å². The van der Waals surface area contributed by atoms with Gasteiger partial charge in [-0.05, 0) is 18.2 Å². The quantitative estimate of drug-likeness (QED) is 0.333. The van der Waals surface area contributed by atoms with Gasteiger partial charge in [-0.2, -0.15) is 10.2 Å². The van der Waals surface area contributed by atoms with Crippen molar-refractivity contribution in [1.29, 1.82) is 0 Å². The Bertz CT molecular complexity index is 1470. The van der Waals surface area contributed by atoms with Gasteiger partial charge < -0.3 is 4.74 Å². The van der Waals surface area contributed by atoms with Crippen molar-refractivity contribution in [1.82, 2.24) is 34.6 Å². The second kappa shape index (κ2) is 8.89. The van der Waals surface area contributed by atoms with Crippen molar-refractivity contribution in [2.24, 2.45) is 0 Å². The van der Waals surface area contributed by atoms with Crippen LogP contribution in [0, 0.1) is 11.6 Å². The van der Waals surface area contributed by atoms with Crippen molar-refractivity contribution in [3.8, 4) is 28.4 Å². The lowest BCUT2D eigenvalue weighted by molar-refractivity contribution is 0.118. The van der Waals surface area contributed by atoms with Gasteiger partial charge in [0, 0.05) is 5.56 Å². The van der Waals surface area contributed by atoms with Crippen molar-refractivity contribution < 1.29 is 22.3 Å². The molecule has 0 aliphatic heterocycles. The molecule has 5 rings (SSSR count). The Hall–Kier alpha value is -4.35. The van der Waals surface area contributed by atoms with Crippen LogP contribution in [0.5, 0.6) is 5.88 Å². The Balaban J connectivity index is 1.64. The van der Waals surface area contributed by atoms with Crippen molar-refractivity contribution in [2.75, 3.05) is 0 Å². The molecule has 0 radical (unpaired) electrons. The maximum Gasteiger partial charge on any atom is 0.257 e. The topological polar surface area (TPSA) is 83.0 Å². The highest BCUT2D eigenvalue weighted by Gasteiger charge is 2.23. The molecule has 0 unspecified atom stereocenters.